The van der Waals surface area contributed by atoms with Crippen LogP contribution < -0.4 is 0 Å². The zero-order valence-corrected chi connectivity index (χ0v) is 6.71. The van der Waals surface area contributed by atoms with Gasteiger partial charge in [0.2, 0.25) is 0 Å². The average molecular weight is 166 g/mol. The summed E-state index contributed by atoms with van der Waals surface area (Å²) in [5.41, 5.74) is 0. The van der Waals surface area contributed by atoms with Gasteiger partial charge in [0.05, 0.1) is 7.05 Å². The third kappa shape index (κ3) is 2.81. The lowest BCUT2D eigenvalue weighted by Gasteiger charge is -2.25. The number of ether oxygens (including phenoxy) is 1. The van der Waals surface area contributed by atoms with E-state index in [1.54, 1.807) is 0 Å². The molecule has 0 aliphatic heterocycles. The highest BCUT2D eigenvalue weighted by molar-refractivity contribution is 5.56. The van der Waals surface area contributed by atoms with Crippen molar-refractivity contribution in [3.8, 4) is 0 Å². The molecule has 1 unspecified atom stereocenters. The van der Waals surface area contributed by atoms with Crippen LogP contribution in [-0.2, 0) is 4.74 Å². The number of rotatable bonds is 4. The van der Waals surface area contributed by atoms with Crippen molar-refractivity contribution in [2.24, 2.45) is 0 Å². The SMILES string of the molecule is COC[N+](C)(CCF)C(=O)O. The van der Waals surface area contributed by atoms with Gasteiger partial charge in [-0.05, 0) is 0 Å². The summed E-state index contributed by atoms with van der Waals surface area (Å²) in [6, 6.07) is 0. The fourth-order valence-corrected chi connectivity index (χ4v) is 0.687. The van der Waals surface area contributed by atoms with Crippen molar-refractivity contribution in [1.29, 1.82) is 0 Å². The number of methoxy groups -OCH3 is 1. The van der Waals surface area contributed by atoms with Gasteiger partial charge in [-0.1, -0.05) is 0 Å². The minimum Gasteiger partial charge on any atom is -0.435 e. The predicted molar refractivity (Wildman–Crippen MR) is 36.9 cm³/mol. The molecule has 0 spiro atoms. The Hall–Kier alpha value is -0.680. The first-order chi connectivity index (χ1) is 5.06. The van der Waals surface area contributed by atoms with Crippen molar-refractivity contribution >= 4 is 6.09 Å². The van der Waals surface area contributed by atoms with Crippen molar-refractivity contribution < 1.29 is 23.5 Å². The van der Waals surface area contributed by atoms with Gasteiger partial charge in [0, 0.05) is 7.11 Å². The molecule has 0 fully saturated rings. The zero-order valence-electron chi connectivity index (χ0n) is 6.71. The zero-order chi connectivity index (χ0) is 8.91. The number of hydrogen-bond donors (Lipinski definition) is 1. The van der Waals surface area contributed by atoms with Crippen LogP contribution >= 0.6 is 0 Å². The molecule has 0 aromatic carbocycles. The van der Waals surface area contributed by atoms with Crippen LogP contribution in [0.3, 0.4) is 0 Å². The maximum absolute atomic E-state index is 11.8. The van der Waals surface area contributed by atoms with Crippen LogP contribution in [-0.4, -0.2) is 49.8 Å². The summed E-state index contributed by atoms with van der Waals surface area (Å²) in [6.07, 6.45) is -1.08. The Morgan fingerprint density at radius 3 is 2.55 bits per heavy atom. The molecule has 0 aromatic heterocycles. The molecule has 0 aromatic rings. The smallest absolute Gasteiger partial charge is 0.435 e. The van der Waals surface area contributed by atoms with Crippen molar-refractivity contribution in [2.75, 3.05) is 34.1 Å². The first-order valence-corrected chi connectivity index (χ1v) is 3.20. The summed E-state index contributed by atoms with van der Waals surface area (Å²) >= 11 is 0. The first-order valence-electron chi connectivity index (χ1n) is 3.20. The number of hydrogen-bond acceptors (Lipinski definition) is 2. The van der Waals surface area contributed by atoms with E-state index in [1.165, 1.54) is 14.2 Å². The molecule has 1 amide bonds. The van der Waals surface area contributed by atoms with E-state index in [4.69, 9.17) is 5.11 Å². The topological polar surface area (TPSA) is 46.5 Å². The van der Waals surface area contributed by atoms with Crippen molar-refractivity contribution in [3.05, 3.63) is 0 Å². The van der Waals surface area contributed by atoms with Crippen molar-refractivity contribution in [2.45, 2.75) is 0 Å². The van der Waals surface area contributed by atoms with Crippen LogP contribution in [0.5, 0.6) is 0 Å². The standard InChI is InChI=1S/C6H12FNO3/c1-8(4-3-7,5-11-2)6(9)10/h3-5H2,1-2H3/p+1. The third-order valence-electron chi connectivity index (χ3n) is 1.45. The van der Waals surface area contributed by atoms with Crippen LogP contribution in [0.2, 0.25) is 0 Å². The monoisotopic (exact) mass is 166 g/mol. The molecule has 0 aliphatic rings. The fourth-order valence-electron chi connectivity index (χ4n) is 0.687. The van der Waals surface area contributed by atoms with Crippen molar-refractivity contribution in [1.82, 2.24) is 0 Å². The van der Waals surface area contributed by atoms with E-state index in [9.17, 15) is 9.18 Å². The van der Waals surface area contributed by atoms with E-state index in [2.05, 4.69) is 4.74 Å². The molecule has 11 heavy (non-hydrogen) atoms. The van der Waals surface area contributed by atoms with E-state index >= 15 is 0 Å². The average Bonchev–Trinajstić information content (AvgIpc) is 1.88. The molecule has 0 radical (unpaired) electrons. The van der Waals surface area contributed by atoms with Gasteiger partial charge in [-0.25, -0.2) is 8.87 Å². The predicted octanol–water partition coefficient (Wildman–Crippen LogP) is 0.684. The van der Waals surface area contributed by atoms with Crippen LogP contribution in [0.1, 0.15) is 0 Å². The summed E-state index contributed by atoms with van der Waals surface area (Å²) < 4.78 is 16.0. The number of nitrogens with zero attached hydrogens (tertiary/aromatic N) is 1. The quantitative estimate of drug-likeness (QED) is 0.493. The highest BCUT2D eigenvalue weighted by atomic mass is 19.1. The third-order valence-corrected chi connectivity index (χ3v) is 1.45. The van der Waals surface area contributed by atoms with Gasteiger partial charge in [0.1, 0.15) is 13.2 Å². The Morgan fingerprint density at radius 2 is 2.27 bits per heavy atom. The summed E-state index contributed by atoms with van der Waals surface area (Å²) in [5.74, 6) is 0. The number of carbonyl (C=O) groups is 1. The molecular weight excluding hydrogens is 153 g/mol. The van der Waals surface area contributed by atoms with Crippen molar-refractivity contribution in [3.63, 3.8) is 0 Å². The largest absolute Gasteiger partial charge is 0.515 e. The Bertz CT molecular complexity index is 134. The van der Waals surface area contributed by atoms with Crippen LogP contribution in [0.15, 0.2) is 0 Å². The molecule has 0 rings (SSSR count). The molecule has 4 nitrogen and oxygen atoms in total. The Morgan fingerprint density at radius 1 is 1.73 bits per heavy atom. The molecule has 66 valence electrons. The lowest BCUT2D eigenvalue weighted by molar-refractivity contribution is -0.857. The second-order valence-corrected chi connectivity index (χ2v) is 2.51. The fraction of sp³-hybridized carbons (Fsp3) is 0.833. The van der Waals surface area contributed by atoms with Gasteiger partial charge < -0.3 is 9.84 Å². The van der Waals surface area contributed by atoms with Crippen LogP contribution in [0.4, 0.5) is 9.18 Å². The minimum atomic E-state index is -1.08. The second-order valence-electron chi connectivity index (χ2n) is 2.51. The molecule has 0 heterocycles. The number of quaternary nitrogens is 1. The highest BCUT2D eigenvalue weighted by Crippen LogP contribution is 2.02. The Labute approximate surface area is 64.8 Å². The molecule has 0 saturated carbocycles. The molecule has 0 saturated heterocycles. The maximum atomic E-state index is 11.8. The minimum absolute atomic E-state index is 0.0146. The molecular formula is C6H13FNO3+. The summed E-state index contributed by atoms with van der Waals surface area (Å²) in [4.78, 5) is 10.5. The van der Waals surface area contributed by atoms with E-state index in [-0.39, 0.29) is 13.3 Å². The Kier molecular flexibility index (Phi) is 3.99. The van der Waals surface area contributed by atoms with E-state index in [0.29, 0.717) is 0 Å². The normalized spacial score (nSPS) is 15.9. The molecule has 0 bridgehead atoms. The molecule has 5 heteroatoms. The molecule has 1 atom stereocenters. The highest BCUT2D eigenvalue weighted by Gasteiger charge is 2.30. The van der Waals surface area contributed by atoms with Gasteiger partial charge in [-0.3, -0.25) is 0 Å². The summed E-state index contributed by atoms with van der Waals surface area (Å²) in [5, 5.41) is 8.62. The van der Waals surface area contributed by atoms with E-state index < -0.39 is 17.3 Å². The maximum Gasteiger partial charge on any atom is 0.515 e. The van der Waals surface area contributed by atoms with Gasteiger partial charge >= 0.3 is 6.09 Å². The number of amides is 1. The van der Waals surface area contributed by atoms with E-state index in [1.807, 2.05) is 0 Å². The van der Waals surface area contributed by atoms with Gasteiger partial charge in [-0.2, -0.15) is 4.79 Å². The second kappa shape index (κ2) is 4.25. The molecule has 1 N–H and O–H groups in total. The van der Waals surface area contributed by atoms with Gasteiger partial charge in [-0.15, -0.1) is 0 Å². The first kappa shape index (κ1) is 10.3. The van der Waals surface area contributed by atoms with Crippen LogP contribution in [0, 0.1) is 0 Å². The van der Waals surface area contributed by atoms with Gasteiger partial charge in [0.15, 0.2) is 6.73 Å². The summed E-state index contributed by atoms with van der Waals surface area (Å²) in [6.45, 7) is -0.741. The Balaban J connectivity index is 4.13. The van der Waals surface area contributed by atoms with Crippen LogP contribution in [0.25, 0.3) is 0 Å². The van der Waals surface area contributed by atoms with E-state index in [0.717, 1.165) is 0 Å². The lowest BCUT2D eigenvalue weighted by atomic mass is 10.5. The number of carboxylic acid groups (broad SMARTS) is 1. The number of halogens is 1. The summed E-state index contributed by atoms with van der Waals surface area (Å²) in [7, 11) is 2.79. The number of alkyl halides is 1. The van der Waals surface area contributed by atoms with Gasteiger partial charge in [0.25, 0.3) is 0 Å². The molecule has 0 aliphatic carbocycles. The lowest BCUT2D eigenvalue weighted by Crippen LogP contribution is -2.51.